The molecule has 0 spiro atoms. The molecule has 1 aliphatic carbocycles. The van der Waals surface area contributed by atoms with E-state index in [-0.39, 0.29) is 30.7 Å². The molecule has 0 aromatic heterocycles. The van der Waals surface area contributed by atoms with Crippen LogP contribution in [0.25, 0.3) is 16.7 Å². The zero-order valence-corrected chi connectivity index (χ0v) is 19.7. The SMILES string of the molecule is O=C(OCC1c2ccccc2-c2ccccc21)N1C2C=C(c3ccc(C(F)F)c(F)c3)CC1CCC2. The van der Waals surface area contributed by atoms with Crippen LogP contribution in [0.1, 0.15) is 60.3 Å². The summed E-state index contributed by atoms with van der Waals surface area (Å²) in [5.74, 6) is -0.902. The van der Waals surface area contributed by atoms with E-state index in [1.54, 1.807) is 6.07 Å². The molecule has 1 amide bonds. The smallest absolute Gasteiger partial charge is 0.410 e. The number of carbonyl (C=O) groups excluding carboxylic acids is 1. The van der Waals surface area contributed by atoms with E-state index in [1.165, 1.54) is 28.3 Å². The summed E-state index contributed by atoms with van der Waals surface area (Å²) in [6, 6.07) is 20.2. The van der Waals surface area contributed by atoms with Gasteiger partial charge in [-0.05, 0) is 71.2 Å². The van der Waals surface area contributed by atoms with Gasteiger partial charge in [0, 0.05) is 12.0 Å². The van der Waals surface area contributed by atoms with Gasteiger partial charge in [0.15, 0.2) is 0 Å². The fraction of sp³-hybridized carbons (Fsp3) is 0.300. The Morgan fingerprint density at radius 2 is 1.67 bits per heavy atom. The number of amides is 1. The van der Waals surface area contributed by atoms with Crippen LogP contribution in [0.15, 0.2) is 72.8 Å². The lowest BCUT2D eigenvalue weighted by Gasteiger charge is -2.44. The molecule has 0 radical (unpaired) electrons. The van der Waals surface area contributed by atoms with Crippen LogP contribution in [-0.4, -0.2) is 29.7 Å². The van der Waals surface area contributed by atoms with Gasteiger partial charge in [-0.2, -0.15) is 0 Å². The lowest BCUT2D eigenvalue weighted by Crippen LogP contribution is -2.51. The van der Waals surface area contributed by atoms with E-state index in [2.05, 4.69) is 24.3 Å². The fourth-order valence-corrected chi connectivity index (χ4v) is 6.10. The van der Waals surface area contributed by atoms with Crippen molar-refractivity contribution in [3.8, 4) is 11.1 Å². The van der Waals surface area contributed by atoms with Crippen LogP contribution in [0.4, 0.5) is 18.0 Å². The van der Waals surface area contributed by atoms with Gasteiger partial charge in [0.05, 0.1) is 11.6 Å². The van der Waals surface area contributed by atoms with Crippen molar-refractivity contribution in [2.45, 2.75) is 50.1 Å². The summed E-state index contributed by atoms with van der Waals surface area (Å²) in [7, 11) is 0. The molecule has 0 saturated carbocycles. The fourth-order valence-electron chi connectivity index (χ4n) is 6.10. The van der Waals surface area contributed by atoms with Gasteiger partial charge in [-0.25, -0.2) is 18.0 Å². The van der Waals surface area contributed by atoms with Crippen LogP contribution in [0, 0.1) is 5.82 Å². The number of benzene rings is 3. The highest BCUT2D eigenvalue weighted by molar-refractivity contribution is 5.79. The Morgan fingerprint density at radius 3 is 2.31 bits per heavy atom. The third-order valence-corrected chi connectivity index (χ3v) is 7.79. The number of fused-ring (bicyclic) bond motifs is 5. The summed E-state index contributed by atoms with van der Waals surface area (Å²) in [5.41, 5.74) is 5.61. The van der Waals surface area contributed by atoms with E-state index in [0.29, 0.717) is 12.0 Å². The normalized spacial score (nSPS) is 20.7. The number of hydrogen-bond acceptors (Lipinski definition) is 2. The highest BCUT2D eigenvalue weighted by atomic mass is 19.3. The van der Waals surface area contributed by atoms with Crippen molar-refractivity contribution in [3.05, 3.63) is 101 Å². The molecule has 2 aliphatic heterocycles. The molecule has 3 aromatic rings. The predicted octanol–water partition coefficient (Wildman–Crippen LogP) is 7.72. The van der Waals surface area contributed by atoms with Gasteiger partial charge in [-0.3, -0.25) is 4.90 Å². The highest BCUT2D eigenvalue weighted by Crippen LogP contribution is 2.45. The number of piperidine rings is 1. The summed E-state index contributed by atoms with van der Waals surface area (Å²) in [6.45, 7) is 0.264. The molecule has 1 fully saturated rings. The first-order valence-electron chi connectivity index (χ1n) is 12.4. The Morgan fingerprint density at radius 1 is 0.972 bits per heavy atom. The van der Waals surface area contributed by atoms with E-state index >= 15 is 0 Å². The van der Waals surface area contributed by atoms with Crippen LogP contribution < -0.4 is 0 Å². The Labute approximate surface area is 208 Å². The van der Waals surface area contributed by atoms with Crippen LogP contribution in [0.3, 0.4) is 0 Å². The molecule has 3 nitrogen and oxygen atoms in total. The number of alkyl halides is 2. The third kappa shape index (κ3) is 3.89. The molecule has 6 rings (SSSR count). The first-order chi connectivity index (χ1) is 17.5. The van der Waals surface area contributed by atoms with E-state index in [4.69, 9.17) is 4.74 Å². The topological polar surface area (TPSA) is 29.5 Å². The quantitative estimate of drug-likeness (QED) is 0.375. The van der Waals surface area contributed by atoms with E-state index in [1.807, 2.05) is 35.2 Å². The first kappa shape index (κ1) is 22.9. The maximum Gasteiger partial charge on any atom is 0.410 e. The summed E-state index contributed by atoms with van der Waals surface area (Å²) in [5, 5.41) is 0. The number of rotatable bonds is 4. The second-order valence-corrected chi connectivity index (χ2v) is 9.80. The van der Waals surface area contributed by atoms with Crippen LogP contribution in [0.2, 0.25) is 0 Å². The monoisotopic (exact) mass is 489 g/mol. The minimum atomic E-state index is -2.84. The standard InChI is InChI=1S/C30H26F3NO2/c31-28-16-18(12-13-26(28)29(32)33)19-14-20-6-5-7-21(15-19)34(20)30(35)36-17-27-24-10-3-1-8-22(24)23-9-2-4-11-25(23)27/h1-4,8-14,16,20-21,27,29H,5-7,15,17H2. The Bertz CT molecular complexity index is 1310. The van der Waals surface area contributed by atoms with Gasteiger partial charge in [0.1, 0.15) is 12.4 Å². The van der Waals surface area contributed by atoms with E-state index in [9.17, 15) is 18.0 Å². The maximum atomic E-state index is 14.2. The van der Waals surface area contributed by atoms with Crippen molar-refractivity contribution in [1.29, 1.82) is 0 Å². The molecule has 2 bridgehead atoms. The van der Waals surface area contributed by atoms with Crippen LogP contribution in [0.5, 0.6) is 0 Å². The first-order valence-corrected chi connectivity index (χ1v) is 12.4. The van der Waals surface area contributed by atoms with Gasteiger partial charge < -0.3 is 4.74 Å². The highest BCUT2D eigenvalue weighted by Gasteiger charge is 2.39. The molecule has 0 N–H and O–H groups in total. The second kappa shape index (κ2) is 9.16. The minimum absolute atomic E-state index is 0.00610. The van der Waals surface area contributed by atoms with Crippen molar-refractivity contribution in [1.82, 2.24) is 4.90 Å². The molecular formula is C30H26F3NO2. The van der Waals surface area contributed by atoms with E-state index in [0.717, 1.165) is 30.9 Å². The molecular weight excluding hydrogens is 463 g/mol. The molecule has 1 saturated heterocycles. The van der Waals surface area contributed by atoms with Gasteiger partial charge in [0.2, 0.25) is 0 Å². The van der Waals surface area contributed by atoms with Crippen molar-refractivity contribution < 1.29 is 22.7 Å². The van der Waals surface area contributed by atoms with Crippen molar-refractivity contribution in [2.75, 3.05) is 6.61 Å². The Kier molecular flexibility index (Phi) is 5.82. The van der Waals surface area contributed by atoms with Gasteiger partial charge in [-0.1, -0.05) is 60.7 Å². The van der Waals surface area contributed by atoms with E-state index < -0.39 is 17.8 Å². The Hall–Kier alpha value is -3.54. The molecule has 36 heavy (non-hydrogen) atoms. The zero-order valence-electron chi connectivity index (χ0n) is 19.7. The van der Waals surface area contributed by atoms with Gasteiger partial charge >= 0.3 is 6.09 Å². The number of halogens is 3. The van der Waals surface area contributed by atoms with Crippen LogP contribution in [-0.2, 0) is 4.74 Å². The molecule has 2 unspecified atom stereocenters. The summed E-state index contributed by atoms with van der Waals surface area (Å²) < 4.78 is 46.1. The van der Waals surface area contributed by atoms with Gasteiger partial charge in [-0.15, -0.1) is 0 Å². The third-order valence-electron chi connectivity index (χ3n) is 7.79. The molecule has 3 aliphatic rings. The summed E-state index contributed by atoms with van der Waals surface area (Å²) >= 11 is 0. The zero-order chi connectivity index (χ0) is 24.8. The molecule has 3 aromatic carbocycles. The number of nitrogens with zero attached hydrogens (tertiary/aromatic N) is 1. The number of ether oxygens (including phenoxy) is 1. The van der Waals surface area contributed by atoms with Crippen LogP contribution >= 0.6 is 0 Å². The average molecular weight is 490 g/mol. The maximum absolute atomic E-state index is 14.2. The second-order valence-electron chi connectivity index (χ2n) is 9.80. The minimum Gasteiger partial charge on any atom is -0.448 e. The van der Waals surface area contributed by atoms with Crippen molar-refractivity contribution in [3.63, 3.8) is 0 Å². The summed E-state index contributed by atoms with van der Waals surface area (Å²) in [6.07, 6.45) is 1.97. The van der Waals surface area contributed by atoms with Crippen molar-refractivity contribution >= 4 is 11.7 Å². The Balaban J connectivity index is 1.21. The molecule has 2 heterocycles. The number of carbonyl (C=O) groups is 1. The lowest BCUT2D eigenvalue weighted by molar-refractivity contribution is 0.0539. The van der Waals surface area contributed by atoms with Crippen molar-refractivity contribution in [2.24, 2.45) is 0 Å². The largest absolute Gasteiger partial charge is 0.448 e. The molecule has 6 heteroatoms. The summed E-state index contributed by atoms with van der Waals surface area (Å²) in [4.78, 5) is 15.2. The average Bonchev–Trinajstić information content (AvgIpc) is 3.20. The number of hydrogen-bond donors (Lipinski definition) is 0. The van der Waals surface area contributed by atoms with Gasteiger partial charge in [0.25, 0.3) is 6.43 Å². The molecule has 184 valence electrons. The lowest BCUT2D eigenvalue weighted by atomic mass is 9.83. The predicted molar refractivity (Wildman–Crippen MR) is 132 cm³/mol. The molecule has 2 atom stereocenters.